The highest BCUT2D eigenvalue weighted by atomic mass is 16.6. The molecule has 3 nitrogen and oxygen atoms in total. The average molecular weight is 401 g/mol. The molecule has 29 heavy (non-hydrogen) atoms. The minimum absolute atomic E-state index is 0.146. The summed E-state index contributed by atoms with van der Waals surface area (Å²) in [4.78, 5) is 12.2. The number of allylic oxidation sites excluding steroid dienone is 9. The molecule has 0 heterocycles. The van der Waals surface area contributed by atoms with Crippen molar-refractivity contribution in [1.82, 2.24) is 0 Å². The molecular formula is C26H40O3. The lowest BCUT2D eigenvalue weighted by Crippen LogP contribution is -2.50. The molecule has 1 rings (SSSR count). The Bertz CT molecular complexity index is 729. The van der Waals surface area contributed by atoms with E-state index in [2.05, 4.69) is 39.0 Å². The maximum absolute atomic E-state index is 12.2. The zero-order chi connectivity index (χ0) is 22.3. The highest BCUT2D eigenvalue weighted by Crippen LogP contribution is 2.35. The molecule has 0 saturated carbocycles. The molecule has 0 aromatic heterocycles. The number of esters is 1. The molecule has 0 fully saturated rings. The standard InChI is InChI=1S/C26H40O3/c1-9-26(8,28)24(5,6)29-23(27)18-21(3)13-10-12-20(2)15-17-25(7)16-11-14-22(4)19-25/h10,12-13,15,17-19,28H,9,11,14,16H2,1-8H3/b13-10+,17-15+,20-12+,21-18+. The topological polar surface area (TPSA) is 46.5 Å². The van der Waals surface area contributed by atoms with Crippen LogP contribution in [0.4, 0.5) is 0 Å². The lowest BCUT2D eigenvalue weighted by molar-refractivity contribution is -0.179. The van der Waals surface area contributed by atoms with Gasteiger partial charge in [-0.15, -0.1) is 0 Å². The number of rotatable bonds is 8. The lowest BCUT2D eigenvalue weighted by atomic mass is 9.78. The number of aliphatic hydroxyl groups is 1. The Balaban J connectivity index is 2.71. The Hall–Kier alpha value is -1.87. The first kappa shape index (κ1) is 25.2. The summed E-state index contributed by atoms with van der Waals surface area (Å²) in [5.41, 5.74) is 1.55. The van der Waals surface area contributed by atoms with Gasteiger partial charge in [0.15, 0.2) is 0 Å². The van der Waals surface area contributed by atoms with Crippen LogP contribution in [0, 0.1) is 5.41 Å². The fourth-order valence-corrected chi connectivity index (χ4v) is 3.37. The number of carbonyl (C=O) groups is 1. The minimum atomic E-state index is -1.07. The Kier molecular flexibility index (Phi) is 8.89. The van der Waals surface area contributed by atoms with Crippen molar-refractivity contribution in [2.24, 2.45) is 5.41 Å². The van der Waals surface area contributed by atoms with Crippen molar-refractivity contribution in [3.8, 4) is 0 Å². The molecule has 0 aromatic carbocycles. The Morgan fingerprint density at radius 1 is 1.24 bits per heavy atom. The molecule has 0 amide bonds. The van der Waals surface area contributed by atoms with E-state index < -0.39 is 17.2 Å². The van der Waals surface area contributed by atoms with E-state index in [1.54, 1.807) is 20.8 Å². The molecule has 1 aliphatic carbocycles. The number of ether oxygens (including phenoxy) is 1. The molecule has 0 saturated heterocycles. The van der Waals surface area contributed by atoms with Crippen molar-refractivity contribution < 1.29 is 14.6 Å². The van der Waals surface area contributed by atoms with Crippen molar-refractivity contribution >= 4 is 5.97 Å². The quantitative estimate of drug-likeness (QED) is 0.216. The van der Waals surface area contributed by atoms with Crippen LogP contribution in [-0.4, -0.2) is 22.3 Å². The van der Waals surface area contributed by atoms with Crippen molar-refractivity contribution in [1.29, 1.82) is 0 Å². The number of hydrogen-bond acceptors (Lipinski definition) is 3. The van der Waals surface area contributed by atoms with Crippen LogP contribution in [0.1, 0.15) is 81.1 Å². The molecule has 1 N–H and O–H groups in total. The number of hydrogen-bond donors (Lipinski definition) is 1. The summed E-state index contributed by atoms with van der Waals surface area (Å²) in [7, 11) is 0. The van der Waals surface area contributed by atoms with Gasteiger partial charge < -0.3 is 9.84 Å². The third-order valence-corrected chi connectivity index (χ3v) is 5.99. The molecule has 0 aromatic rings. The van der Waals surface area contributed by atoms with E-state index in [4.69, 9.17) is 4.74 Å². The fourth-order valence-electron chi connectivity index (χ4n) is 3.37. The highest BCUT2D eigenvalue weighted by Gasteiger charge is 2.41. The van der Waals surface area contributed by atoms with Crippen LogP contribution >= 0.6 is 0 Å². The second-order valence-corrected chi connectivity index (χ2v) is 9.40. The van der Waals surface area contributed by atoms with Crippen LogP contribution < -0.4 is 0 Å². The third-order valence-electron chi connectivity index (χ3n) is 5.99. The van der Waals surface area contributed by atoms with Crippen LogP contribution in [0.2, 0.25) is 0 Å². The molecule has 0 spiro atoms. The van der Waals surface area contributed by atoms with E-state index >= 15 is 0 Å². The van der Waals surface area contributed by atoms with Gasteiger partial charge in [0.25, 0.3) is 0 Å². The third kappa shape index (κ3) is 8.18. The normalized spacial score (nSPS) is 24.0. The summed E-state index contributed by atoms with van der Waals surface area (Å²) in [6.07, 6.45) is 18.3. The first-order valence-electron chi connectivity index (χ1n) is 10.7. The van der Waals surface area contributed by atoms with Crippen molar-refractivity contribution in [3.63, 3.8) is 0 Å². The highest BCUT2D eigenvalue weighted by molar-refractivity contribution is 5.83. The van der Waals surface area contributed by atoms with Crippen LogP contribution in [-0.2, 0) is 9.53 Å². The maximum Gasteiger partial charge on any atom is 0.331 e. The number of carbonyl (C=O) groups excluding carboxylic acids is 1. The molecule has 2 unspecified atom stereocenters. The second-order valence-electron chi connectivity index (χ2n) is 9.40. The summed E-state index contributed by atoms with van der Waals surface area (Å²) in [6, 6.07) is 0. The summed E-state index contributed by atoms with van der Waals surface area (Å²) >= 11 is 0. The first-order valence-corrected chi connectivity index (χ1v) is 10.7. The van der Waals surface area contributed by atoms with Gasteiger partial charge in [0, 0.05) is 11.5 Å². The average Bonchev–Trinajstić information content (AvgIpc) is 2.59. The Morgan fingerprint density at radius 3 is 2.48 bits per heavy atom. The SMILES string of the molecule is CCC(C)(O)C(C)(C)OC(=O)/C=C(C)/C=C/C=C(C)/C=C/C1(C)C=C(C)CCC1. The summed E-state index contributed by atoms with van der Waals surface area (Å²) in [6.45, 7) is 15.4. The predicted molar refractivity (Wildman–Crippen MR) is 123 cm³/mol. The minimum Gasteiger partial charge on any atom is -0.453 e. The summed E-state index contributed by atoms with van der Waals surface area (Å²) in [5.74, 6) is -0.446. The molecule has 2 atom stereocenters. The van der Waals surface area contributed by atoms with E-state index in [1.165, 1.54) is 30.9 Å². The van der Waals surface area contributed by atoms with Gasteiger partial charge in [-0.3, -0.25) is 0 Å². The smallest absolute Gasteiger partial charge is 0.331 e. The van der Waals surface area contributed by atoms with Gasteiger partial charge >= 0.3 is 5.97 Å². The maximum atomic E-state index is 12.2. The van der Waals surface area contributed by atoms with Gasteiger partial charge in [-0.05, 0) is 72.8 Å². The Morgan fingerprint density at radius 2 is 1.90 bits per heavy atom. The zero-order valence-corrected chi connectivity index (χ0v) is 19.6. The van der Waals surface area contributed by atoms with Gasteiger partial charge in [-0.1, -0.05) is 61.4 Å². The molecule has 0 bridgehead atoms. The van der Waals surface area contributed by atoms with E-state index in [9.17, 15) is 9.90 Å². The summed E-state index contributed by atoms with van der Waals surface area (Å²) in [5, 5.41) is 10.4. The van der Waals surface area contributed by atoms with Gasteiger partial charge in [0.05, 0.1) is 0 Å². The molecule has 0 aliphatic heterocycles. The zero-order valence-electron chi connectivity index (χ0n) is 19.6. The van der Waals surface area contributed by atoms with Gasteiger partial charge in [0.1, 0.15) is 11.2 Å². The van der Waals surface area contributed by atoms with Crippen LogP contribution in [0.5, 0.6) is 0 Å². The summed E-state index contributed by atoms with van der Waals surface area (Å²) < 4.78 is 5.49. The monoisotopic (exact) mass is 400 g/mol. The van der Waals surface area contributed by atoms with Crippen LogP contribution in [0.3, 0.4) is 0 Å². The van der Waals surface area contributed by atoms with Crippen molar-refractivity contribution in [2.45, 2.75) is 92.3 Å². The first-order chi connectivity index (χ1) is 13.3. The van der Waals surface area contributed by atoms with Gasteiger partial charge in [-0.2, -0.15) is 0 Å². The van der Waals surface area contributed by atoms with E-state index in [-0.39, 0.29) is 5.41 Å². The van der Waals surface area contributed by atoms with E-state index in [0.717, 1.165) is 11.1 Å². The predicted octanol–water partition coefficient (Wildman–Crippen LogP) is 6.61. The molecule has 3 heteroatoms. The van der Waals surface area contributed by atoms with Crippen LogP contribution in [0.15, 0.2) is 59.3 Å². The fraction of sp³-hybridized carbons (Fsp3) is 0.577. The Labute approximate surface area is 177 Å². The van der Waals surface area contributed by atoms with E-state index in [0.29, 0.717) is 6.42 Å². The van der Waals surface area contributed by atoms with Crippen LogP contribution in [0.25, 0.3) is 0 Å². The molecular weight excluding hydrogens is 360 g/mol. The lowest BCUT2D eigenvalue weighted by Gasteiger charge is -2.38. The largest absolute Gasteiger partial charge is 0.453 e. The molecule has 0 radical (unpaired) electrons. The van der Waals surface area contributed by atoms with Gasteiger partial charge in [0.2, 0.25) is 0 Å². The second kappa shape index (κ2) is 10.2. The van der Waals surface area contributed by atoms with E-state index in [1.807, 2.05) is 32.1 Å². The van der Waals surface area contributed by atoms with Crippen molar-refractivity contribution in [3.05, 3.63) is 59.3 Å². The molecule has 162 valence electrons. The van der Waals surface area contributed by atoms with Crippen molar-refractivity contribution in [2.75, 3.05) is 0 Å². The van der Waals surface area contributed by atoms with Gasteiger partial charge in [-0.25, -0.2) is 4.79 Å². The molecule has 1 aliphatic rings.